The molecule has 51 heavy (non-hydrogen) atoms. The molecule has 0 N–H and O–H groups in total. The number of rotatable bonds is 6. The molecule has 7 aromatic rings. The monoisotopic (exact) mass is 863 g/mol. The molecule has 3 heterocycles. The minimum atomic E-state index is -1.37. The molecule has 4 aromatic carbocycles. The number of hydrogen-bond donors (Lipinski definition) is 0. The van der Waals surface area contributed by atoms with Gasteiger partial charge in [0, 0.05) is 40.6 Å². The van der Waals surface area contributed by atoms with Crippen molar-refractivity contribution in [3.63, 3.8) is 0 Å². The van der Waals surface area contributed by atoms with Gasteiger partial charge < -0.3 is 14.4 Å². The zero-order chi connectivity index (χ0) is 35.9. The predicted octanol–water partition coefficient (Wildman–Crippen LogP) is 11.6. The van der Waals surface area contributed by atoms with Gasteiger partial charge in [-0.1, -0.05) is 110 Å². The second-order valence-corrected chi connectivity index (χ2v) is 20.0. The predicted molar refractivity (Wildman–Crippen MR) is 210 cm³/mol. The van der Waals surface area contributed by atoms with E-state index in [1.165, 1.54) is 30.9 Å². The Morgan fingerprint density at radius 2 is 1.59 bits per heavy atom. The molecule has 3 aromatic heterocycles. The van der Waals surface area contributed by atoms with Crippen LogP contribution in [0.4, 0.5) is 0 Å². The van der Waals surface area contributed by atoms with E-state index in [0.717, 1.165) is 61.9 Å². The molecule has 0 amide bonds. The van der Waals surface area contributed by atoms with Crippen LogP contribution in [0, 0.1) is 29.9 Å². The number of benzene rings is 4. The second kappa shape index (κ2) is 15.2. The first kappa shape index (κ1) is 32.7. The van der Waals surface area contributed by atoms with E-state index in [1.807, 2.05) is 72.9 Å². The summed E-state index contributed by atoms with van der Waals surface area (Å²) < 4.78 is 24.7. The Kier molecular flexibility index (Phi) is 9.77. The number of hydrogen-bond acceptors (Lipinski definition) is 3. The Labute approximate surface area is 319 Å². The summed E-state index contributed by atoms with van der Waals surface area (Å²) in [6, 6.07) is 43.2. The minimum Gasteiger partial charge on any atom is -0.501 e. The smallest absolute Gasteiger partial charge is 0.121 e. The molecule has 3 saturated carbocycles. The summed E-state index contributed by atoms with van der Waals surface area (Å²) >= 11 is 0. The van der Waals surface area contributed by atoms with Crippen LogP contribution < -0.4 is 5.19 Å². The Bertz CT molecular complexity index is 2310. The van der Waals surface area contributed by atoms with Gasteiger partial charge in [0.1, 0.15) is 5.58 Å². The Morgan fingerprint density at radius 3 is 2.29 bits per heavy atom. The molecule has 1 radical (unpaired) electrons. The molecule has 10 rings (SSSR count). The van der Waals surface area contributed by atoms with Gasteiger partial charge in [0.15, 0.2) is 0 Å². The van der Waals surface area contributed by atoms with Gasteiger partial charge in [-0.2, -0.15) is 0 Å². The second-order valence-electron chi connectivity index (χ2n) is 14.9. The summed E-state index contributed by atoms with van der Waals surface area (Å²) in [4.78, 5) is 9.16. The molecule has 1 atom stereocenters. The first-order valence-corrected chi connectivity index (χ1v) is 21.5. The van der Waals surface area contributed by atoms with Crippen LogP contribution in [0.2, 0.25) is 19.6 Å². The standard InChI is InChI=1S/C32H28NO.C14H16NSi.Ir/c1-2-5-23(6-3-1)25-13-14-27-28-7-4-8-29(32(28)34-31(27)20-25)30-19-22(15-16-33-30)18-26-17-21-9-11-24(26)12-10-21;1-16(2,3)13-9-10-14(15-11-13)12-7-5-4-6-8-12;/h1-7,13-16,19-21,24,26H,9-12,17-18H2;4-7,9-11H,1-3H3;/q2*-1;/i18D2;;. The van der Waals surface area contributed by atoms with E-state index in [2.05, 4.69) is 84.2 Å². The quantitative estimate of drug-likeness (QED) is 0.123. The molecule has 3 aliphatic carbocycles. The number of nitrogens with zero attached hydrogens (tertiary/aromatic N) is 2. The van der Waals surface area contributed by atoms with Crippen molar-refractivity contribution in [3.8, 4) is 33.6 Å². The van der Waals surface area contributed by atoms with Crippen LogP contribution in [0.15, 0.2) is 126 Å². The number of pyridine rings is 2. The Morgan fingerprint density at radius 1 is 0.765 bits per heavy atom. The molecule has 2 bridgehead atoms. The Balaban J connectivity index is 0.000000216. The van der Waals surface area contributed by atoms with E-state index < -0.39 is 14.4 Å². The van der Waals surface area contributed by atoms with Crippen LogP contribution in [0.3, 0.4) is 0 Å². The van der Waals surface area contributed by atoms with E-state index in [4.69, 9.17) is 7.16 Å². The molecule has 1 unspecified atom stereocenters. The number of fused-ring (bicyclic) bond motifs is 6. The fourth-order valence-corrected chi connectivity index (χ4v) is 8.75. The zero-order valence-electron chi connectivity index (χ0n) is 31.5. The molecule has 3 fully saturated rings. The molecule has 3 aliphatic rings. The molecule has 0 aliphatic heterocycles. The van der Waals surface area contributed by atoms with Gasteiger partial charge >= 0.3 is 0 Å². The average molecular weight is 863 g/mol. The first-order valence-electron chi connectivity index (χ1n) is 19.0. The fraction of sp³-hybridized carbons (Fsp3) is 0.261. The van der Waals surface area contributed by atoms with Crippen LogP contribution >= 0.6 is 0 Å². The van der Waals surface area contributed by atoms with Gasteiger partial charge in [-0.05, 0) is 83.2 Å². The summed E-state index contributed by atoms with van der Waals surface area (Å²) in [5.41, 5.74) is 8.13. The summed E-state index contributed by atoms with van der Waals surface area (Å²) in [5, 5.41) is 3.48. The van der Waals surface area contributed by atoms with E-state index in [1.54, 1.807) is 6.20 Å². The maximum absolute atomic E-state index is 9.14. The maximum Gasteiger partial charge on any atom is 0.121 e. The van der Waals surface area contributed by atoms with Crippen molar-refractivity contribution in [2.45, 2.75) is 58.1 Å². The van der Waals surface area contributed by atoms with E-state index >= 15 is 0 Å². The van der Waals surface area contributed by atoms with Gasteiger partial charge in [-0.15, -0.1) is 54.1 Å². The normalized spacial score (nSPS) is 19.1. The first-order chi connectivity index (χ1) is 25.1. The molecular weight excluding hydrogens is 817 g/mol. The summed E-state index contributed by atoms with van der Waals surface area (Å²) in [6.45, 7) is 7.00. The van der Waals surface area contributed by atoms with Crippen molar-refractivity contribution in [3.05, 3.63) is 139 Å². The van der Waals surface area contributed by atoms with Gasteiger partial charge in [0.05, 0.1) is 13.7 Å². The maximum atomic E-state index is 9.14. The third-order valence-electron chi connectivity index (χ3n) is 10.6. The number of aromatic nitrogens is 2. The van der Waals surface area contributed by atoms with E-state index in [0.29, 0.717) is 17.5 Å². The van der Waals surface area contributed by atoms with E-state index in [9.17, 15) is 0 Å². The molecule has 3 nitrogen and oxygen atoms in total. The van der Waals surface area contributed by atoms with E-state index in [-0.39, 0.29) is 26.0 Å². The van der Waals surface area contributed by atoms with Gasteiger partial charge in [0.2, 0.25) is 0 Å². The van der Waals surface area contributed by atoms with Crippen LogP contribution in [0.25, 0.3) is 55.6 Å². The topological polar surface area (TPSA) is 38.9 Å². The summed E-state index contributed by atoms with van der Waals surface area (Å²) in [7, 11) is -1.23. The summed E-state index contributed by atoms with van der Waals surface area (Å²) in [6.07, 6.45) is 8.28. The van der Waals surface area contributed by atoms with Crippen molar-refractivity contribution in [2.24, 2.45) is 17.8 Å². The molecule has 259 valence electrons. The van der Waals surface area contributed by atoms with Crippen LogP contribution in [0.1, 0.15) is 40.4 Å². The zero-order valence-corrected chi connectivity index (χ0v) is 32.8. The Hall–Kier alpha value is -4.15. The van der Waals surface area contributed by atoms with Crippen LogP contribution in [0.5, 0.6) is 0 Å². The SMILES string of the molecule is C[Si](C)(C)c1ccc(-c2[c-]cccc2)nc1.[2H]C([2H])(c1ccnc(-c2[c-]ccc3c2oc2cc(-c4ccccc4)ccc23)c1)C1CC2CCC1CC2.[Ir]. The minimum absolute atomic E-state index is 0. The van der Waals surface area contributed by atoms with Gasteiger partial charge in [-0.25, -0.2) is 0 Å². The van der Waals surface area contributed by atoms with Crippen molar-refractivity contribution in [2.75, 3.05) is 0 Å². The third kappa shape index (κ3) is 7.72. The van der Waals surface area contributed by atoms with Gasteiger partial charge in [0.25, 0.3) is 0 Å². The van der Waals surface area contributed by atoms with Crippen LogP contribution in [-0.4, -0.2) is 18.0 Å². The third-order valence-corrected chi connectivity index (χ3v) is 12.6. The van der Waals surface area contributed by atoms with Crippen LogP contribution in [-0.2, 0) is 26.5 Å². The van der Waals surface area contributed by atoms with Gasteiger partial charge in [-0.3, -0.25) is 0 Å². The van der Waals surface area contributed by atoms with Crippen molar-refractivity contribution in [1.29, 1.82) is 0 Å². The fourth-order valence-electron chi connectivity index (χ4n) is 7.72. The molecule has 0 spiro atoms. The van der Waals surface area contributed by atoms with Crippen molar-refractivity contribution >= 4 is 35.2 Å². The average Bonchev–Trinajstić information content (AvgIpc) is 3.57. The largest absolute Gasteiger partial charge is 0.501 e. The molecule has 0 saturated heterocycles. The van der Waals surface area contributed by atoms with Crippen molar-refractivity contribution < 1.29 is 27.3 Å². The summed E-state index contributed by atoms with van der Waals surface area (Å²) in [5.74, 6) is 1.27. The molecule has 5 heteroatoms. The molecular formula is C46H44IrN2OSi-2. The van der Waals surface area contributed by atoms with Crippen molar-refractivity contribution in [1.82, 2.24) is 9.97 Å². The number of furan rings is 1.